The number of carbonyl (C=O) groups excluding carboxylic acids is 1. The number of carboxylic acid groups (broad SMARTS) is 1. The highest BCUT2D eigenvalue weighted by atomic mass is 19.1. The van der Waals surface area contributed by atoms with Gasteiger partial charge in [0.05, 0.1) is 11.5 Å². The largest absolute Gasteiger partial charge is 0.481 e. The Morgan fingerprint density at radius 1 is 1.38 bits per heavy atom. The third-order valence-electron chi connectivity index (χ3n) is 4.94. The van der Waals surface area contributed by atoms with Gasteiger partial charge in [0.1, 0.15) is 0 Å². The van der Waals surface area contributed by atoms with Crippen LogP contribution in [-0.2, 0) is 9.59 Å². The molecule has 0 aromatic heterocycles. The Balaban J connectivity index is 1.83. The summed E-state index contributed by atoms with van der Waals surface area (Å²) in [6.45, 7) is 2.03. The van der Waals surface area contributed by atoms with Crippen LogP contribution in [-0.4, -0.2) is 34.6 Å². The second-order valence-corrected chi connectivity index (χ2v) is 6.05. The van der Waals surface area contributed by atoms with Gasteiger partial charge in [-0.3, -0.25) is 9.59 Å². The van der Waals surface area contributed by atoms with Gasteiger partial charge in [0.2, 0.25) is 0 Å². The predicted octanol–water partition coefficient (Wildman–Crippen LogP) is 2.41. The molecule has 1 amide bonds. The van der Waals surface area contributed by atoms with Gasteiger partial charge >= 0.3 is 5.97 Å². The minimum absolute atomic E-state index is 0.183. The van der Waals surface area contributed by atoms with Crippen LogP contribution in [0, 0.1) is 11.3 Å². The van der Waals surface area contributed by atoms with Gasteiger partial charge < -0.3 is 10.0 Å². The number of likely N-dealkylation sites (tertiary alicyclic amines) is 1. The smallest absolute Gasteiger partial charge is 0.310 e. The van der Waals surface area contributed by atoms with Gasteiger partial charge in [0, 0.05) is 12.5 Å². The third-order valence-corrected chi connectivity index (χ3v) is 4.94. The fourth-order valence-electron chi connectivity index (χ4n) is 3.32. The zero-order chi connectivity index (χ0) is 15.2. The lowest BCUT2D eigenvalue weighted by Crippen LogP contribution is -2.32. The molecule has 1 saturated carbocycles. The number of nitrogens with zero attached hydrogens (tertiary/aromatic N) is 1. The van der Waals surface area contributed by atoms with Crippen molar-refractivity contribution in [3.05, 3.63) is 35.9 Å². The lowest BCUT2D eigenvalue weighted by atomic mass is 9.87. The van der Waals surface area contributed by atoms with Crippen molar-refractivity contribution in [2.45, 2.75) is 32.0 Å². The summed E-state index contributed by atoms with van der Waals surface area (Å²) in [7, 11) is 0. The van der Waals surface area contributed by atoms with Crippen molar-refractivity contribution in [3.63, 3.8) is 0 Å². The molecule has 1 N–H and O–H groups in total. The van der Waals surface area contributed by atoms with E-state index in [4.69, 9.17) is 0 Å². The minimum Gasteiger partial charge on any atom is -0.481 e. The molecule has 1 aliphatic heterocycles. The topological polar surface area (TPSA) is 57.6 Å². The molecule has 21 heavy (non-hydrogen) atoms. The molecule has 0 radical (unpaired) electrons. The number of alkyl halides is 1. The Morgan fingerprint density at radius 3 is 2.52 bits per heavy atom. The molecule has 1 aromatic carbocycles. The minimum atomic E-state index is -1.70. The molecule has 112 valence electrons. The van der Waals surface area contributed by atoms with E-state index in [0.29, 0.717) is 12.8 Å². The third kappa shape index (κ3) is 2.11. The average molecular weight is 291 g/mol. The van der Waals surface area contributed by atoms with Crippen molar-refractivity contribution >= 4 is 11.9 Å². The van der Waals surface area contributed by atoms with Crippen LogP contribution in [0.1, 0.15) is 31.4 Å². The molecule has 1 heterocycles. The Kier molecular flexibility index (Phi) is 3.23. The molecule has 0 bridgehead atoms. The van der Waals surface area contributed by atoms with Gasteiger partial charge in [0.15, 0.2) is 6.17 Å². The molecule has 1 aliphatic carbocycles. The van der Waals surface area contributed by atoms with Crippen LogP contribution in [0.25, 0.3) is 0 Å². The van der Waals surface area contributed by atoms with Crippen LogP contribution in [0.4, 0.5) is 4.39 Å². The number of rotatable bonds is 4. The van der Waals surface area contributed by atoms with Crippen LogP contribution in [0.5, 0.6) is 0 Å². The van der Waals surface area contributed by atoms with E-state index in [1.807, 2.05) is 37.3 Å². The number of benzene rings is 1. The average Bonchev–Trinajstić information content (AvgIpc) is 3.24. The monoisotopic (exact) mass is 291 g/mol. The van der Waals surface area contributed by atoms with Crippen molar-refractivity contribution in [1.82, 2.24) is 4.90 Å². The number of hydrogen-bond donors (Lipinski definition) is 1. The first-order valence-corrected chi connectivity index (χ1v) is 7.20. The number of halogens is 1. The van der Waals surface area contributed by atoms with Crippen molar-refractivity contribution < 1.29 is 19.1 Å². The molecule has 3 rings (SSSR count). The number of hydrogen-bond acceptors (Lipinski definition) is 2. The molecule has 1 aromatic rings. The van der Waals surface area contributed by atoms with Gasteiger partial charge in [-0.05, 0) is 25.3 Å². The van der Waals surface area contributed by atoms with E-state index in [1.54, 1.807) is 0 Å². The summed E-state index contributed by atoms with van der Waals surface area (Å²) in [5.74, 6) is -2.28. The van der Waals surface area contributed by atoms with E-state index in [9.17, 15) is 19.1 Å². The maximum atomic E-state index is 14.3. The lowest BCUT2D eigenvalue weighted by molar-refractivity contribution is -0.146. The second kappa shape index (κ2) is 4.83. The van der Waals surface area contributed by atoms with Crippen LogP contribution in [0.2, 0.25) is 0 Å². The fraction of sp³-hybridized carbons (Fsp3) is 0.500. The first kappa shape index (κ1) is 14.0. The van der Waals surface area contributed by atoms with E-state index in [1.165, 1.54) is 4.90 Å². The highest BCUT2D eigenvalue weighted by molar-refractivity contribution is 5.87. The Hall–Kier alpha value is -1.91. The van der Waals surface area contributed by atoms with Crippen molar-refractivity contribution in [1.29, 1.82) is 0 Å². The Bertz CT molecular complexity index is 570. The lowest BCUT2D eigenvalue weighted by Gasteiger charge is -2.25. The van der Waals surface area contributed by atoms with E-state index in [0.717, 1.165) is 5.56 Å². The fourth-order valence-corrected chi connectivity index (χ4v) is 3.32. The quantitative estimate of drug-likeness (QED) is 0.926. The molecular formula is C16H18FNO3. The molecule has 3 atom stereocenters. The SMILES string of the molecule is CC(c1ccccc1)N1CC(C2(C(=O)O)CC2)C(F)C1=O. The van der Waals surface area contributed by atoms with Crippen LogP contribution in [0.3, 0.4) is 0 Å². The van der Waals surface area contributed by atoms with E-state index >= 15 is 0 Å². The van der Waals surface area contributed by atoms with Crippen LogP contribution < -0.4 is 0 Å². The first-order valence-electron chi connectivity index (χ1n) is 7.20. The van der Waals surface area contributed by atoms with Crippen molar-refractivity contribution in [3.8, 4) is 0 Å². The number of aliphatic carboxylic acids is 1. The predicted molar refractivity (Wildman–Crippen MR) is 74.3 cm³/mol. The Morgan fingerprint density at radius 2 is 2.00 bits per heavy atom. The summed E-state index contributed by atoms with van der Waals surface area (Å²) in [5.41, 5.74) is -0.0980. The number of carboxylic acids is 1. The standard InChI is InChI=1S/C16H18FNO3/c1-10(11-5-3-2-4-6-11)18-9-12(13(17)14(18)19)16(7-8-16)15(20)21/h2-6,10,12-13H,7-9H2,1H3,(H,20,21). The van der Waals surface area contributed by atoms with Gasteiger partial charge in [-0.15, -0.1) is 0 Å². The summed E-state index contributed by atoms with van der Waals surface area (Å²) in [4.78, 5) is 25.0. The second-order valence-electron chi connectivity index (χ2n) is 6.05. The first-order chi connectivity index (χ1) is 9.97. The molecule has 3 unspecified atom stereocenters. The zero-order valence-electron chi connectivity index (χ0n) is 11.8. The van der Waals surface area contributed by atoms with Gasteiger partial charge in [0.25, 0.3) is 5.91 Å². The summed E-state index contributed by atoms with van der Waals surface area (Å²) in [6.07, 6.45) is -0.766. The molecule has 4 nitrogen and oxygen atoms in total. The number of carbonyl (C=O) groups is 2. The molecule has 2 aliphatic rings. The van der Waals surface area contributed by atoms with E-state index in [-0.39, 0.29) is 12.6 Å². The van der Waals surface area contributed by atoms with Gasteiger partial charge in [-0.25, -0.2) is 4.39 Å². The molecule has 5 heteroatoms. The molecular weight excluding hydrogens is 273 g/mol. The molecule has 1 saturated heterocycles. The normalized spacial score (nSPS) is 28.5. The van der Waals surface area contributed by atoms with Crippen molar-refractivity contribution in [2.24, 2.45) is 11.3 Å². The highest BCUT2D eigenvalue weighted by Gasteiger charge is 2.63. The van der Waals surface area contributed by atoms with Gasteiger partial charge in [-0.1, -0.05) is 30.3 Å². The van der Waals surface area contributed by atoms with Crippen LogP contribution in [0.15, 0.2) is 30.3 Å². The molecule has 0 spiro atoms. The summed E-state index contributed by atoms with van der Waals surface area (Å²) in [6, 6.07) is 9.16. The summed E-state index contributed by atoms with van der Waals surface area (Å²) < 4.78 is 14.3. The maximum absolute atomic E-state index is 14.3. The summed E-state index contributed by atoms with van der Waals surface area (Å²) in [5, 5.41) is 9.31. The summed E-state index contributed by atoms with van der Waals surface area (Å²) >= 11 is 0. The number of amides is 1. The zero-order valence-corrected chi connectivity index (χ0v) is 11.8. The van der Waals surface area contributed by atoms with Gasteiger partial charge in [-0.2, -0.15) is 0 Å². The maximum Gasteiger partial charge on any atom is 0.310 e. The molecule has 2 fully saturated rings. The van der Waals surface area contributed by atoms with E-state index in [2.05, 4.69) is 0 Å². The van der Waals surface area contributed by atoms with Crippen molar-refractivity contribution in [2.75, 3.05) is 6.54 Å². The Labute approximate surface area is 122 Å². The van der Waals surface area contributed by atoms with Crippen LogP contribution >= 0.6 is 0 Å². The van der Waals surface area contributed by atoms with E-state index < -0.39 is 29.4 Å². The highest BCUT2D eigenvalue weighted by Crippen LogP contribution is 2.56.